The van der Waals surface area contributed by atoms with E-state index in [-0.39, 0.29) is 30.2 Å². The fraction of sp³-hybridized carbons (Fsp3) is 0.417. The molecule has 0 bridgehead atoms. The standard InChI is InChI=1S/C12H18N4O5/c1-21-7-5-15(4-6-17)10-3-2-9(12(13)14-18)8-11(10)16(19)20/h2-3,8,17-18H,4-7H2,1H3,(H2,13,14). The van der Waals surface area contributed by atoms with Gasteiger partial charge in [0.15, 0.2) is 5.84 Å². The van der Waals surface area contributed by atoms with Crippen molar-refractivity contribution in [2.24, 2.45) is 10.9 Å². The van der Waals surface area contributed by atoms with Crippen LogP contribution in [0.2, 0.25) is 0 Å². The lowest BCUT2D eigenvalue weighted by Gasteiger charge is -2.23. The molecule has 21 heavy (non-hydrogen) atoms. The van der Waals surface area contributed by atoms with E-state index in [4.69, 9.17) is 20.8 Å². The van der Waals surface area contributed by atoms with Crippen molar-refractivity contribution in [2.75, 3.05) is 38.3 Å². The molecule has 0 aliphatic rings. The van der Waals surface area contributed by atoms with E-state index in [0.29, 0.717) is 18.8 Å². The average molecular weight is 298 g/mol. The fourth-order valence-corrected chi connectivity index (χ4v) is 1.83. The molecule has 0 saturated carbocycles. The minimum atomic E-state index is -0.555. The maximum Gasteiger partial charge on any atom is 0.293 e. The Bertz CT molecular complexity index is 520. The normalized spacial score (nSPS) is 11.4. The van der Waals surface area contributed by atoms with Gasteiger partial charge in [-0.2, -0.15) is 0 Å². The largest absolute Gasteiger partial charge is 0.409 e. The van der Waals surface area contributed by atoms with Gasteiger partial charge in [0, 0.05) is 31.8 Å². The van der Waals surface area contributed by atoms with Gasteiger partial charge in [-0.1, -0.05) is 5.16 Å². The van der Waals surface area contributed by atoms with E-state index >= 15 is 0 Å². The number of anilines is 1. The van der Waals surface area contributed by atoms with Crippen molar-refractivity contribution in [2.45, 2.75) is 0 Å². The van der Waals surface area contributed by atoms with Crippen LogP contribution in [0.4, 0.5) is 11.4 Å². The second-order valence-electron chi connectivity index (χ2n) is 4.15. The summed E-state index contributed by atoms with van der Waals surface area (Å²) >= 11 is 0. The van der Waals surface area contributed by atoms with Gasteiger partial charge in [-0.25, -0.2) is 0 Å². The third-order valence-electron chi connectivity index (χ3n) is 2.85. The van der Waals surface area contributed by atoms with Gasteiger partial charge in [-0.15, -0.1) is 0 Å². The van der Waals surface area contributed by atoms with Crippen LogP contribution in [0, 0.1) is 10.1 Å². The Morgan fingerprint density at radius 1 is 1.52 bits per heavy atom. The summed E-state index contributed by atoms with van der Waals surface area (Å²) in [6.45, 7) is 0.829. The third-order valence-corrected chi connectivity index (χ3v) is 2.85. The van der Waals surface area contributed by atoms with Gasteiger partial charge in [-0.3, -0.25) is 10.1 Å². The molecule has 0 heterocycles. The van der Waals surface area contributed by atoms with Gasteiger partial charge in [0.1, 0.15) is 5.69 Å². The molecule has 9 nitrogen and oxygen atoms in total. The Hall–Kier alpha value is -2.39. The van der Waals surface area contributed by atoms with Gasteiger partial charge in [0.05, 0.1) is 18.1 Å². The molecule has 0 radical (unpaired) electrons. The summed E-state index contributed by atoms with van der Waals surface area (Å²) in [5.74, 6) is -0.213. The minimum absolute atomic E-state index is 0.150. The highest BCUT2D eigenvalue weighted by Gasteiger charge is 2.20. The molecule has 0 fully saturated rings. The first-order chi connectivity index (χ1) is 10.0. The highest BCUT2D eigenvalue weighted by molar-refractivity contribution is 5.98. The van der Waals surface area contributed by atoms with Crippen LogP contribution in [0.1, 0.15) is 5.56 Å². The van der Waals surface area contributed by atoms with Crippen LogP contribution in [0.3, 0.4) is 0 Å². The first kappa shape index (κ1) is 16.7. The molecule has 0 atom stereocenters. The lowest BCUT2D eigenvalue weighted by atomic mass is 10.1. The van der Waals surface area contributed by atoms with Crippen molar-refractivity contribution < 1.29 is 20.0 Å². The number of rotatable bonds is 8. The topological polar surface area (TPSA) is 134 Å². The minimum Gasteiger partial charge on any atom is -0.409 e. The first-order valence-corrected chi connectivity index (χ1v) is 6.16. The second kappa shape index (κ2) is 8.02. The van der Waals surface area contributed by atoms with E-state index in [1.54, 1.807) is 4.90 Å². The molecule has 1 rings (SSSR count). The molecule has 1 aromatic carbocycles. The third kappa shape index (κ3) is 4.29. The maximum atomic E-state index is 11.2. The van der Waals surface area contributed by atoms with E-state index in [1.165, 1.54) is 25.3 Å². The van der Waals surface area contributed by atoms with Crippen LogP contribution in [0.5, 0.6) is 0 Å². The summed E-state index contributed by atoms with van der Waals surface area (Å²) in [6.07, 6.45) is 0. The van der Waals surface area contributed by atoms with Crippen molar-refractivity contribution in [3.8, 4) is 0 Å². The van der Waals surface area contributed by atoms with Gasteiger partial charge >= 0.3 is 0 Å². The van der Waals surface area contributed by atoms with Crippen LogP contribution >= 0.6 is 0 Å². The zero-order chi connectivity index (χ0) is 15.8. The average Bonchev–Trinajstić information content (AvgIpc) is 2.50. The van der Waals surface area contributed by atoms with Crippen molar-refractivity contribution in [3.63, 3.8) is 0 Å². The highest BCUT2D eigenvalue weighted by atomic mass is 16.6. The highest BCUT2D eigenvalue weighted by Crippen LogP contribution is 2.29. The zero-order valence-electron chi connectivity index (χ0n) is 11.6. The molecule has 0 aliphatic carbocycles. The van der Waals surface area contributed by atoms with Gasteiger partial charge in [0.2, 0.25) is 0 Å². The van der Waals surface area contributed by atoms with Crippen LogP contribution in [-0.2, 0) is 4.74 Å². The summed E-state index contributed by atoms with van der Waals surface area (Å²) in [5.41, 5.74) is 5.81. The number of hydrogen-bond acceptors (Lipinski definition) is 7. The quantitative estimate of drug-likeness (QED) is 0.204. The Balaban J connectivity index is 3.22. The van der Waals surface area contributed by atoms with Crippen molar-refractivity contribution in [1.29, 1.82) is 0 Å². The lowest BCUT2D eigenvalue weighted by molar-refractivity contribution is -0.384. The monoisotopic (exact) mass is 298 g/mol. The summed E-state index contributed by atoms with van der Waals surface area (Å²) in [5, 5.41) is 31.7. The molecule has 9 heteroatoms. The first-order valence-electron chi connectivity index (χ1n) is 6.16. The SMILES string of the molecule is COCCN(CCO)c1ccc(/C(N)=N/O)cc1[N+](=O)[O-]. The predicted octanol–water partition coefficient (Wildman–Crippen LogP) is 0.134. The van der Waals surface area contributed by atoms with Crippen molar-refractivity contribution in [3.05, 3.63) is 33.9 Å². The van der Waals surface area contributed by atoms with Crippen molar-refractivity contribution >= 4 is 17.2 Å². The van der Waals surface area contributed by atoms with Gasteiger partial charge < -0.3 is 25.7 Å². The number of aliphatic hydroxyl groups excluding tert-OH is 1. The number of nitrogens with zero attached hydrogens (tertiary/aromatic N) is 3. The molecule has 1 aromatic rings. The molecule has 0 saturated heterocycles. The Kier molecular flexibility index (Phi) is 6.37. The number of methoxy groups -OCH3 is 1. The van der Waals surface area contributed by atoms with E-state index < -0.39 is 4.92 Å². The maximum absolute atomic E-state index is 11.2. The Labute approximate surface area is 121 Å². The number of nitro groups is 1. The molecule has 0 unspecified atom stereocenters. The molecule has 0 amide bonds. The number of hydrogen-bond donors (Lipinski definition) is 3. The van der Waals surface area contributed by atoms with Crippen LogP contribution in [0.15, 0.2) is 23.4 Å². The summed E-state index contributed by atoms with van der Waals surface area (Å²) in [6, 6.07) is 4.23. The zero-order valence-corrected chi connectivity index (χ0v) is 11.6. The number of nitrogens with two attached hydrogens (primary N) is 1. The van der Waals surface area contributed by atoms with Gasteiger partial charge in [0.25, 0.3) is 5.69 Å². The second-order valence-corrected chi connectivity index (χ2v) is 4.15. The molecule has 0 aromatic heterocycles. The van der Waals surface area contributed by atoms with Gasteiger partial charge in [-0.05, 0) is 12.1 Å². The molecule has 0 spiro atoms. The van der Waals surface area contributed by atoms with E-state index in [1.807, 2.05) is 0 Å². The van der Waals surface area contributed by atoms with Crippen LogP contribution in [-0.4, -0.2) is 54.5 Å². The summed E-state index contributed by atoms with van der Waals surface area (Å²) < 4.78 is 4.95. The van der Waals surface area contributed by atoms with E-state index in [2.05, 4.69) is 5.16 Å². The molecular formula is C12H18N4O5. The molecule has 0 aliphatic heterocycles. The predicted molar refractivity (Wildman–Crippen MR) is 76.8 cm³/mol. The fourth-order valence-electron chi connectivity index (χ4n) is 1.83. The van der Waals surface area contributed by atoms with Crippen molar-refractivity contribution in [1.82, 2.24) is 0 Å². The smallest absolute Gasteiger partial charge is 0.293 e. The Morgan fingerprint density at radius 2 is 2.24 bits per heavy atom. The molecular weight excluding hydrogens is 280 g/mol. The number of aliphatic hydroxyl groups is 1. The van der Waals surface area contributed by atoms with Crippen LogP contribution in [0.25, 0.3) is 0 Å². The number of nitro benzene ring substituents is 1. The Morgan fingerprint density at radius 3 is 2.76 bits per heavy atom. The number of ether oxygens (including phenoxy) is 1. The molecule has 116 valence electrons. The number of amidine groups is 1. The lowest BCUT2D eigenvalue weighted by Crippen LogP contribution is -2.30. The summed E-state index contributed by atoms with van der Waals surface area (Å²) in [7, 11) is 1.52. The number of oxime groups is 1. The summed E-state index contributed by atoms with van der Waals surface area (Å²) in [4.78, 5) is 12.3. The van der Waals surface area contributed by atoms with E-state index in [9.17, 15) is 10.1 Å². The van der Waals surface area contributed by atoms with Crippen LogP contribution < -0.4 is 10.6 Å². The van der Waals surface area contributed by atoms with E-state index in [0.717, 1.165) is 0 Å². The number of benzene rings is 1. The molecule has 4 N–H and O–H groups in total.